The molecule has 188 valence electrons. The first-order valence-electron chi connectivity index (χ1n) is 12.4. The van der Waals surface area contributed by atoms with Gasteiger partial charge in [-0.2, -0.15) is 5.26 Å². The van der Waals surface area contributed by atoms with Crippen LogP contribution in [0.25, 0.3) is 11.1 Å². The van der Waals surface area contributed by atoms with Gasteiger partial charge in [0.15, 0.2) is 0 Å². The van der Waals surface area contributed by atoms with E-state index in [1.165, 1.54) is 0 Å². The molecule has 0 aliphatic carbocycles. The maximum Gasteiger partial charge on any atom is 0.248 e. The molecule has 0 radical (unpaired) electrons. The molecule has 0 unspecified atom stereocenters. The van der Waals surface area contributed by atoms with Gasteiger partial charge < -0.3 is 14.4 Å². The quantitative estimate of drug-likeness (QED) is 0.327. The minimum absolute atomic E-state index is 0.00188. The van der Waals surface area contributed by atoms with Crippen molar-refractivity contribution >= 4 is 17.3 Å². The lowest BCUT2D eigenvalue weighted by Crippen LogP contribution is -2.34. The number of rotatable bonds is 7. The molecule has 1 aliphatic rings. The minimum atomic E-state index is -0.0966. The number of hydrogen-bond donors (Lipinski definition) is 0. The molecule has 1 amide bonds. The van der Waals surface area contributed by atoms with Gasteiger partial charge in [0.25, 0.3) is 0 Å². The lowest BCUT2D eigenvalue weighted by molar-refractivity contribution is -0.117. The molecule has 0 fully saturated rings. The molecule has 5 rings (SSSR count). The molecule has 0 N–H and O–H groups in total. The Hall–Kier alpha value is -4.89. The van der Waals surface area contributed by atoms with E-state index in [1.807, 2.05) is 66.7 Å². The van der Waals surface area contributed by atoms with E-state index < -0.39 is 0 Å². The number of para-hydroxylation sites is 1. The zero-order valence-electron chi connectivity index (χ0n) is 21.3. The molecule has 0 saturated heterocycles. The summed E-state index contributed by atoms with van der Waals surface area (Å²) in [6, 6.07) is 31.3. The maximum atomic E-state index is 13.5. The van der Waals surface area contributed by atoms with Crippen LogP contribution in [0.1, 0.15) is 22.3 Å². The van der Waals surface area contributed by atoms with Crippen molar-refractivity contribution in [2.75, 3.05) is 32.2 Å². The van der Waals surface area contributed by atoms with E-state index in [0.717, 1.165) is 33.5 Å². The number of benzodiazepines with no additional fused rings is 1. The number of benzene rings is 4. The minimum Gasteiger partial charge on any atom is -0.496 e. The number of ether oxygens (including phenoxy) is 2. The number of carbonyl (C=O) groups excluding carboxylic acids is 1. The van der Waals surface area contributed by atoms with Gasteiger partial charge in [0.2, 0.25) is 5.91 Å². The third kappa shape index (κ3) is 4.87. The fourth-order valence-electron chi connectivity index (χ4n) is 4.79. The molecule has 4 aromatic carbocycles. The number of aliphatic imine (C=N–C) groups is 1. The van der Waals surface area contributed by atoms with Crippen molar-refractivity contribution in [1.29, 1.82) is 5.26 Å². The second-order valence-corrected chi connectivity index (χ2v) is 8.91. The van der Waals surface area contributed by atoms with Crippen molar-refractivity contribution in [2.45, 2.75) is 6.42 Å². The molecule has 0 aromatic heterocycles. The Morgan fingerprint density at radius 3 is 2.37 bits per heavy atom. The Balaban J connectivity index is 1.70. The topological polar surface area (TPSA) is 74.9 Å². The van der Waals surface area contributed by atoms with Crippen molar-refractivity contribution in [2.24, 2.45) is 4.99 Å². The van der Waals surface area contributed by atoms with Crippen LogP contribution in [0.5, 0.6) is 11.5 Å². The number of anilines is 1. The van der Waals surface area contributed by atoms with Gasteiger partial charge >= 0.3 is 0 Å². The fourth-order valence-corrected chi connectivity index (χ4v) is 4.79. The zero-order valence-corrected chi connectivity index (χ0v) is 21.3. The standard InChI is InChI=1S/C32H27N3O3/c1-37-29-14-7-6-13-25(29)26-18-27-28(19-30(26)38-2)35(16-15-22-9-4-3-5-10-22)31(36)21-34-32(27)24-12-8-11-23(17-24)20-33/h3-14,17-19H,15-16,21H2,1-2H3. The molecule has 1 aliphatic heterocycles. The number of amides is 1. The first-order chi connectivity index (χ1) is 18.6. The van der Waals surface area contributed by atoms with Crippen molar-refractivity contribution in [3.63, 3.8) is 0 Å². The average molecular weight is 502 g/mol. The number of fused-ring (bicyclic) bond motifs is 1. The predicted molar refractivity (Wildman–Crippen MR) is 149 cm³/mol. The van der Waals surface area contributed by atoms with Gasteiger partial charge in [-0.15, -0.1) is 0 Å². The van der Waals surface area contributed by atoms with Crippen molar-refractivity contribution in [3.8, 4) is 28.7 Å². The van der Waals surface area contributed by atoms with E-state index in [9.17, 15) is 10.1 Å². The van der Waals surface area contributed by atoms with E-state index in [2.05, 4.69) is 18.2 Å². The third-order valence-corrected chi connectivity index (χ3v) is 6.67. The highest BCUT2D eigenvalue weighted by Crippen LogP contribution is 2.42. The highest BCUT2D eigenvalue weighted by atomic mass is 16.5. The summed E-state index contributed by atoms with van der Waals surface area (Å²) in [5.41, 5.74) is 6.32. The molecule has 38 heavy (non-hydrogen) atoms. The molecule has 0 bridgehead atoms. The lowest BCUT2D eigenvalue weighted by atomic mass is 9.93. The van der Waals surface area contributed by atoms with Crippen LogP contribution in [0.3, 0.4) is 0 Å². The Morgan fingerprint density at radius 2 is 1.61 bits per heavy atom. The average Bonchev–Trinajstić information content (AvgIpc) is 3.11. The van der Waals surface area contributed by atoms with Gasteiger partial charge in [-0.05, 0) is 36.2 Å². The van der Waals surface area contributed by atoms with Crippen LogP contribution in [0.4, 0.5) is 5.69 Å². The largest absolute Gasteiger partial charge is 0.496 e. The molecule has 0 saturated carbocycles. The summed E-state index contributed by atoms with van der Waals surface area (Å²) >= 11 is 0. The summed E-state index contributed by atoms with van der Waals surface area (Å²) in [7, 11) is 3.26. The summed E-state index contributed by atoms with van der Waals surface area (Å²) in [4.78, 5) is 20.0. The molecular formula is C32H27N3O3. The SMILES string of the molecule is COc1ccccc1-c1cc2c(cc1OC)N(CCc1ccccc1)C(=O)CN=C2c1cccc(C#N)c1. The van der Waals surface area contributed by atoms with Gasteiger partial charge in [-0.3, -0.25) is 9.79 Å². The van der Waals surface area contributed by atoms with Gasteiger partial charge in [-0.25, -0.2) is 0 Å². The maximum absolute atomic E-state index is 13.5. The van der Waals surface area contributed by atoms with E-state index in [-0.39, 0.29) is 12.5 Å². The molecule has 1 heterocycles. The van der Waals surface area contributed by atoms with Crippen LogP contribution >= 0.6 is 0 Å². The Labute approximate surface area is 222 Å². The van der Waals surface area contributed by atoms with Crippen LogP contribution in [0.2, 0.25) is 0 Å². The summed E-state index contributed by atoms with van der Waals surface area (Å²) in [5.74, 6) is 1.24. The molecular weight excluding hydrogens is 474 g/mol. The first kappa shape index (κ1) is 24.8. The van der Waals surface area contributed by atoms with Gasteiger partial charge in [0.1, 0.15) is 18.0 Å². The second kappa shape index (κ2) is 11.0. The van der Waals surface area contributed by atoms with E-state index in [4.69, 9.17) is 14.5 Å². The van der Waals surface area contributed by atoms with Crippen LogP contribution in [0, 0.1) is 11.3 Å². The van der Waals surface area contributed by atoms with Gasteiger partial charge in [-0.1, -0.05) is 60.7 Å². The Bertz CT molecular complexity index is 1550. The van der Waals surface area contributed by atoms with Gasteiger partial charge in [0.05, 0.1) is 37.3 Å². The number of hydrogen-bond acceptors (Lipinski definition) is 5. The first-order valence-corrected chi connectivity index (χ1v) is 12.4. The highest BCUT2D eigenvalue weighted by molar-refractivity contribution is 6.20. The summed E-state index contributed by atoms with van der Waals surface area (Å²) in [6.45, 7) is 0.496. The highest BCUT2D eigenvalue weighted by Gasteiger charge is 2.28. The normalized spacial score (nSPS) is 12.7. The summed E-state index contributed by atoms with van der Waals surface area (Å²) in [5, 5.41) is 9.51. The molecule has 4 aromatic rings. The van der Waals surface area contributed by atoms with Crippen LogP contribution in [0.15, 0.2) is 96.0 Å². The number of carbonyl (C=O) groups is 1. The predicted octanol–water partition coefficient (Wildman–Crippen LogP) is 5.67. The van der Waals surface area contributed by atoms with E-state index in [0.29, 0.717) is 35.7 Å². The monoisotopic (exact) mass is 501 g/mol. The second-order valence-electron chi connectivity index (χ2n) is 8.91. The van der Waals surface area contributed by atoms with Crippen molar-refractivity contribution in [1.82, 2.24) is 0 Å². The molecule has 6 heteroatoms. The Morgan fingerprint density at radius 1 is 0.842 bits per heavy atom. The van der Waals surface area contributed by atoms with E-state index >= 15 is 0 Å². The fraction of sp³-hybridized carbons (Fsp3) is 0.156. The van der Waals surface area contributed by atoms with Gasteiger partial charge in [0, 0.05) is 34.9 Å². The number of methoxy groups -OCH3 is 2. The molecule has 0 atom stereocenters. The summed E-state index contributed by atoms with van der Waals surface area (Å²) in [6.07, 6.45) is 0.696. The van der Waals surface area contributed by atoms with E-state index in [1.54, 1.807) is 31.3 Å². The van der Waals surface area contributed by atoms with Crippen LogP contribution in [-0.4, -0.2) is 38.9 Å². The van der Waals surface area contributed by atoms with Crippen LogP contribution in [-0.2, 0) is 11.2 Å². The van der Waals surface area contributed by atoms with Crippen molar-refractivity contribution in [3.05, 3.63) is 113 Å². The van der Waals surface area contributed by atoms with Crippen LogP contribution < -0.4 is 14.4 Å². The number of nitriles is 1. The zero-order chi connectivity index (χ0) is 26.5. The third-order valence-electron chi connectivity index (χ3n) is 6.67. The smallest absolute Gasteiger partial charge is 0.248 e. The lowest BCUT2D eigenvalue weighted by Gasteiger charge is -2.25. The molecule has 0 spiro atoms. The molecule has 6 nitrogen and oxygen atoms in total. The van der Waals surface area contributed by atoms with Crippen molar-refractivity contribution < 1.29 is 14.3 Å². The summed E-state index contributed by atoms with van der Waals surface area (Å²) < 4.78 is 11.5. The Kier molecular flexibility index (Phi) is 7.19. The number of nitrogens with zero attached hydrogens (tertiary/aromatic N) is 3.